The highest BCUT2D eigenvalue weighted by atomic mass is 32.2. The first-order valence-corrected chi connectivity index (χ1v) is 8.38. The molecule has 0 bridgehead atoms. The summed E-state index contributed by atoms with van der Waals surface area (Å²) in [6.07, 6.45) is 1.46. The molecular formula is C15H15N3O4S. The number of furan rings is 1. The maximum atomic E-state index is 12.1. The van der Waals surface area contributed by atoms with Gasteiger partial charge >= 0.3 is 0 Å². The zero-order chi connectivity index (χ0) is 16.4. The summed E-state index contributed by atoms with van der Waals surface area (Å²) in [5.41, 5.74) is 0.466. The molecular weight excluding hydrogens is 318 g/mol. The quantitative estimate of drug-likeness (QED) is 0.673. The molecule has 0 atom stereocenters. The SMILES string of the molecule is Cc1ccc(C=NN(CCO)C2=NS(=O)(=O)c3ccccc32)o1. The van der Waals surface area contributed by atoms with E-state index in [-0.39, 0.29) is 23.9 Å². The van der Waals surface area contributed by atoms with E-state index in [9.17, 15) is 13.5 Å². The minimum atomic E-state index is -3.73. The number of hydrogen-bond donors (Lipinski definition) is 1. The molecule has 2 aromatic rings. The molecule has 1 aromatic carbocycles. The van der Waals surface area contributed by atoms with Crippen molar-refractivity contribution in [1.82, 2.24) is 5.01 Å². The van der Waals surface area contributed by atoms with E-state index in [0.29, 0.717) is 11.3 Å². The van der Waals surface area contributed by atoms with Crippen molar-refractivity contribution in [3.63, 3.8) is 0 Å². The van der Waals surface area contributed by atoms with Crippen LogP contribution in [0.5, 0.6) is 0 Å². The van der Waals surface area contributed by atoms with Gasteiger partial charge in [-0.1, -0.05) is 12.1 Å². The number of hydrazone groups is 1. The Morgan fingerprint density at radius 2 is 2.09 bits per heavy atom. The smallest absolute Gasteiger partial charge is 0.285 e. The maximum Gasteiger partial charge on any atom is 0.285 e. The van der Waals surface area contributed by atoms with Gasteiger partial charge < -0.3 is 9.52 Å². The van der Waals surface area contributed by atoms with Gasteiger partial charge in [0, 0.05) is 5.56 Å². The fourth-order valence-corrected chi connectivity index (χ4v) is 3.44. The van der Waals surface area contributed by atoms with Crippen LogP contribution in [0, 0.1) is 6.92 Å². The summed E-state index contributed by atoms with van der Waals surface area (Å²) in [6.45, 7) is 1.72. The first-order chi connectivity index (χ1) is 11.0. The fraction of sp³-hybridized carbons (Fsp3) is 0.200. The van der Waals surface area contributed by atoms with Crippen LogP contribution < -0.4 is 0 Å². The van der Waals surface area contributed by atoms with Gasteiger partial charge in [-0.15, -0.1) is 4.40 Å². The van der Waals surface area contributed by atoms with Crippen LogP contribution in [0.2, 0.25) is 0 Å². The van der Waals surface area contributed by atoms with Gasteiger partial charge in [-0.3, -0.25) is 0 Å². The van der Waals surface area contributed by atoms with E-state index in [0.717, 1.165) is 5.76 Å². The van der Waals surface area contributed by atoms with Crippen LogP contribution in [0.4, 0.5) is 0 Å². The van der Waals surface area contributed by atoms with E-state index < -0.39 is 10.0 Å². The Morgan fingerprint density at radius 3 is 2.78 bits per heavy atom. The van der Waals surface area contributed by atoms with E-state index in [1.54, 1.807) is 30.3 Å². The number of aryl methyl sites for hydroxylation is 1. The Kier molecular flexibility index (Phi) is 4.01. The van der Waals surface area contributed by atoms with Crippen LogP contribution in [-0.4, -0.2) is 43.7 Å². The third-order valence-corrected chi connectivity index (χ3v) is 4.58. The number of aliphatic hydroxyl groups is 1. The zero-order valence-electron chi connectivity index (χ0n) is 12.4. The van der Waals surface area contributed by atoms with Crippen molar-refractivity contribution >= 4 is 22.1 Å². The van der Waals surface area contributed by atoms with Crippen molar-refractivity contribution in [3.05, 3.63) is 53.5 Å². The number of aliphatic hydroxyl groups excluding tert-OH is 1. The molecule has 3 rings (SSSR count). The fourth-order valence-electron chi connectivity index (χ4n) is 2.24. The number of benzene rings is 1. The lowest BCUT2D eigenvalue weighted by molar-refractivity contribution is 0.253. The lowest BCUT2D eigenvalue weighted by Gasteiger charge is -2.17. The Bertz CT molecular complexity index is 884. The van der Waals surface area contributed by atoms with Gasteiger partial charge in [-0.25, -0.2) is 5.01 Å². The average molecular weight is 333 g/mol. The predicted octanol–water partition coefficient (Wildman–Crippen LogP) is 1.37. The molecule has 8 heteroatoms. The molecule has 1 aliphatic heterocycles. The number of rotatable bonds is 4. The standard InChI is InChI=1S/C15H15N3O4S/c1-11-6-7-12(22-11)10-16-18(8-9-19)15-13-4-2-3-5-14(13)23(20,21)17-15/h2-7,10,19H,8-9H2,1H3. The highest BCUT2D eigenvalue weighted by Crippen LogP contribution is 2.27. The summed E-state index contributed by atoms with van der Waals surface area (Å²) < 4.78 is 33.4. The number of hydrogen-bond acceptors (Lipinski definition) is 6. The third kappa shape index (κ3) is 3.03. The lowest BCUT2D eigenvalue weighted by atomic mass is 10.2. The molecule has 0 spiro atoms. The van der Waals surface area contributed by atoms with Gasteiger partial charge in [0.25, 0.3) is 10.0 Å². The molecule has 0 unspecified atom stereocenters. The van der Waals surface area contributed by atoms with Crippen molar-refractivity contribution in [3.8, 4) is 0 Å². The lowest BCUT2D eigenvalue weighted by Crippen LogP contribution is -2.28. The number of amidine groups is 1. The zero-order valence-corrected chi connectivity index (χ0v) is 13.2. The first kappa shape index (κ1) is 15.4. The third-order valence-electron chi connectivity index (χ3n) is 3.25. The van der Waals surface area contributed by atoms with Gasteiger partial charge in [-0.2, -0.15) is 13.5 Å². The molecule has 0 fully saturated rings. The predicted molar refractivity (Wildman–Crippen MR) is 85.0 cm³/mol. The van der Waals surface area contributed by atoms with Crippen molar-refractivity contribution in [2.24, 2.45) is 9.50 Å². The second kappa shape index (κ2) is 5.98. The van der Waals surface area contributed by atoms with Gasteiger partial charge in [0.15, 0.2) is 5.84 Å². The number of fused-ring (bicyclic) bond motifs is 1. The Morgan fingerprint density at radius 1 is 1.30 bits per heavy atom. The largest absolute Gasteiger partial charge is 0.460 e. The minimum absolute atomic E-state index is 0.110. The topological polar surface area (TPSA) is 95.5 Å². The van der Waals surface area contributed by atoms with Gasteiger partial charge in [0.2, 0.25) is 0 Å². The molecule has 0 amide bonds. The molecule has 120 valence electrons. The van der Waals surface area contributed by atoms with Crippen LogP contribution in [0.3, 0.4) is 0 Å². The maximum absolute atomic E-state index is 12.1. The molecule has 0 radical (unpaired) electrons. The van der Waals surface area contributed by atoms with Crippen LogP contribution in [0.25, 0.3) is 0 Å². The minimum Gasteiger partial charge on any atom is -0.460 e. The second-order valence-corrected chi connectivity index (χ2v) is 6.50. The van der Waals surface area contributed by atoms with Crippen LogP contribution in [0.1, 0.15) is 17.1 Å². The van der Waals surface area contributed by atoms with Crippen molar-refractivity contribution < 1.29 is 17.9 Å². The molecule has 7 nitrogen and oxygen atoms in total. The highest BCUT2D eigenvalue weighted by Gasteiger charge is 2.31. The normalized spacial score (nSPS) is 15.7. The molecule has 1 aliphatic rings. The molecule has 1 N–H and O–H groups in total. The van der Waals surface area contributed by atoms with Crippen molar-refractivity contribution in [2.45, 2.75) is 11.8 Å². The Hall–Kier alpha value is -2.45. The summed E-state index contributed by atoms with van der Waals surface area (Å²) in [6, 6.07) is 10.1. The molecule has 1 aromatic heterocycles. The Balaban J connectivity index is 1.97. The summed E-state index contributed by atoms with van der Waals surface area (Å²) in [5, 5.41) is 14.8. The molecule has 0 saturated carbocycles. The van der Waals surface area contributed by atoms with Gasteiger partial charge in [0.05, 0.1) is 19.4 Å². The van der Waals surface area contributed by atoms with Crippen LogP contribution in [0.15, 0.2) is 55.2 Å². The number of sulfonamides is 1. The monoisotopic (exact) mass is 333 g/mol. The summed E-state index contributed by atoms with van der Waals surface area (Å²) in [7, 11) is -3.73. The average Bonchev–Trinajstić information content (AvgIpc) is 3.06. The van der Waals surface area contributed by atoms with E-state index in [2.05, 4.69) is 9.50 Å². The molecule has 23 heavy (non-hydrogen) atoms. The van der Waals surface area contributed by atoms with Crippen molar-refractivity contribution in [1.29, 1.82) is 0 Å². The summed E-state index contributed by atoms with van der Waals surface area (Å²) >= 11 is 0. The van der Waals surface area contributed by atoms with Gasteiger partial charge in [-0.05, 0) is 31.2 Å². The van der Waals surface area contributed by atoms with E-state index >= 15 is 0 Å². The van der Waals surface area contributed by atoms with Crippen LogP contribution in [-0.2, 0) is 10.0 Å². The van der Waals surface area contributed by atoms with E-state index in [1.807, 2.05) is 6.92 Å². The highest BCUT2D eigenvalue weighted by molar-refractivity contribution is 7.90. The van der Waals surface area contributed by atoms with E-state index in [4.69, 9.17) is 4.42 Å². The second-order valence-electron chi connectivity index (χ2n) is 4.93. The van der Waals surface area contributed by atoms with Gasteiger partial charge in [0.1, 0.15) is 16.4 Å². The summed E-state index contributed by atoms with van der Waals surface area (Å²) in [4.78, 5) is 0.141. The molecule has 0 saturated heterocycles. The number of nitrogens with zero attached hydrogens (tertiary/aromatic N) is 3. The molecule has 0 aliphatic carbocycles. The summed E-state index contributed by atoms with van der Waals surface area (Å²) in [5.74, 6) is 1.46. The molecule has 2 heterocycles. The van der Waals surface area contributed by atoms with Crippen molar-refractivity contribution in [2.75, 3.05) is 13.2 Å². The first-order valence-electron chi connectivity index (χ1n) is 6.94. The van der Waals surface area contributed by atoms with E-state index in [1.165, 1.54) is 17.3 Å². The van der Waals surface area contributed by atoms with Crippen LogP contribution >= 0.6 is 0 Å². The Labute approximate surface area is 133 Å².